The van der Waals surface area contributed by atoms with Crippen LogP contribution in [0.25, 0.3) is 0 Å². The molecule has 0 spiro atoms. The highest BCUT2D eigenvalue weighted by molar-refractivity contribution is 9.10. The van der Waals surface area contributed by atoms with Crippen molar-refractivity contribution in [1.82, 2.24) is 4.98 Å². The number of rotatable bonds is 1. The minimum Gasteiger partial charge on any atom is -0.455 e. The molecule has 1 aromatic carbocycles. The number of hydrogen-bond acceptors (Lipinski definition) is 3. The Labute approximate surface area is 114 Å². The van der Waals surface area contributed by atoms with Gasteiger partial charge in [0.1, 0.15) is 11.5 Å². The Balaban J connectivity index is 2.13. The summed E-state index contributed by atoms with van der Waals surface area (Å²) in [6, 6.07) is 9.88. The Hall–Kier alpha value is -1.39. The number of aromatic nitrogens is 1. The van der Waals surface area contributed by atoms with E-state index in [9.17, 15) is 0 Å². The lowest BCUT2D eigenvalue weighted by molar-refractivity contribution is 0.474. The van der Waals surface area contributed by atoms with Gasteiger partial charge in [-0.1, -0.05) is 15.9 Å². The first-order valence-electron chi connectivity index (χ1n) is 5.89. The summed E-state index contributed by atoms with van der Waals surface area (Å²) in [7, 11) is 0. The molecule has 1 aliphatic rings. The molecule has 0 bridgehead atoms. The number of hydrogen-bond donors (Lipinski definition) is 1. The SMILES string of the molecule is NCC1Cc2cc(Br)ccc2Oc2cccnc21. The van der Waals surface area contributed by atoms with Gasteiger partial charge in [0, 0.05) is 23.1 Å². The second-order valence-corrected chi connectivity index (χ2v) is 5.29. The van der Waals surface area contributed by atoms with Gasteiger partial charge in [-0.2, -0.15) is 0 Å². The van der Waals surface area contributed by atoms with Crippen LogP contribution in [-0.2, 0) is 6.42 Å². The molecule has 1 aromatic heterocycles. The average Bonchev–Trinajstić information content (AvgIpc) is 2.54. The summed E-state index contributed by atoms with van der Waals surface area (Å²) in [6.45, 7) is 0.569. The first-order chi connectivity index (χ1) is 8.78. The van der Waals surface area contributed by atoms with Gasteiger partial charge in [-0.3, -0.25) is 4.98 Å². The molecule has 1 atom stereocenters. The van der Waals surface area contributed by atoms with Crippen LogP contribution >= 0.6 is 15.9 Å². The summed E-state index contributed by atoms with van der Waals surface area (Å²) in [6.07, 6.45) is 2.64. The van der Waals surface area contributed by atoms with Gasteiger partial charge < -0.3 is 10.5 Å². The molecule has 0 fully saturated rings. The molecule has 3 nitrogen and oxygen atoms in total. The Morgan fingerprint density at radius 2 is 2.22 bits per heavy atom. The fraction of sp³-hybridized carbons (Fsp3) is 0.214. The molecule has 4 heteroatoms. The van der Waals surface area contributed by atoms with Gasteiger partial charge in [0.25, 0.3) is 0 Å². The summed E-state index contributed by atoms with van der Waals surface area (Å²) in [5.41, 5.74) is 7.99. The smallest absolute Gasteiger partial charge is 0.149 e. The highest BCUT2D eigenvalue weighted by Crippen LogP contribution is 2.38. The molecule has 0 amide bonds. The second kappa shape index (κ2) is 4.71. The number of halogens is 1. The minimum absolute atomic E-state index is 0.205. The summed E-state index contributed by atoms with van der Waals surface area (Å²) in [5, 5.41) is 0. The molecule has 3 rings (SSSR count). The monoisotopic (exact) mass is 304 g/mol. The fourth-order valence-corrected chi connectivity index (χ4v) is 2.69. The molecule has 1 aliphatic heterocycles. The van der Waals surface area contributed by atoms with E-state index in [0.29, 0.717) is 6.54 Å². The molecular weight excluding hydrogens is 292 g/mol. The third-order valence-electron chi connectivity index (χ3n) is 3.18. The molecule has 2 aromatic rings. The number of nitrogens with two attached hydrogens (primary N) is 1. The number of benzene rings is 1. The molecule has 1 unspecified atom stereocenters. The van der Waals surface area contributed by atoms with Crippen LogP contribution in [0.3, 0.4) is 0 Å². The highest BCUT2D eigenvalue weighted by Gasteiger charge is 2.23. The topological polar surface area (TPSA) is 48.1 Å². The lowest BCUT2D eigenvalue weighted by Gasteiger charge is -2.12. The third kappa shape index (κ3) is 2.02. The fourth-order valence-electron chi connectivity index (χ4n) is 2.28. The van der Waals surface area contributed by atoms with E-state index in [4.69, 9.17) is 10.5 Å². The van der Waals surface area contributed by atoms with E-state index >= 15 is 0 Å². The molecule has 92 valence electrons. The van der Waals surface area contributed by atoms with Crippen LogP contribution in [0.1, 0.15) is 17.2 Å². The molecule has 0 radical (unpaired) electrons. The van der Waals surface area contributed by atoms with Crippen molar-refractivity contribution >= 4 is 15.9 Å². The van der Waals surface area contributed by atoms with E-state index in [1.54, 1.807) is 6.20 Å². The summed E-state index contributed by atoms with van der Waals surface area (Å²) >= 11 is 3.49. The van der Waals surface area contributed by atoms with Crippen LogP contribution in [0.15, 0.2) is 41.0 Å². The van der Waals surface area contributed by atoms with Gasteiger partial charge in [0.2, 0.25) is 0 Å². The third-order valence-corrected chi connectivity index (χ3v) is 3.67. The quantitative estimate of drug-likeness (QED) is 0.880. The van der Waals surface area contributed by atoms with Crippen molar-refractivity contribution in [3.05, 3.63) is 52.3 Å². The summed E-state index contributed by atoms with van der Waals surface area (Å²) < 4.78 is 7.01. The van der Waals surface area contributed by atoms with Crippen LogP contribution < -0.4 is 10.5 Å². The second-order valence-electron chi connectivity index (χ2n) is 4.38. The van der Waals surface area contributed by atoms with Gasteiger partial charge in [-0.05, 0) is 42.3 Å². The van der Waals surface area contributed by atoms with Crippen LogP contribution in [-0.4, -0.2) is 11.5 Å². The van der Waals surface area contributed by atoms with Crippen LogP contribution in [0.5, 0.6) is 11.5 Å². The van der Waals surface area contributed by atoms with E-state index in [0.717, 1.165) is 33.6 Å². The first-order valence-corrected chi connectivity index (χ1v) is 6.68. The summed E-state index contributed by atoms with van der Waals surface area (Å²) in [4.78, 5) is 4.42. The standard InChI is InChI=1S/C14H13BrN2O/c15-11-3-4-12-9(7-11)6-10(8-16)14-13(18-12)2-1-5-17-14/h1-5,7,10H,6,8,16H2. The Kier molecular flexibility index (Phi) is 3.06. The highest BCUT2D eigenvalue weighted by atomic mass is 79.9. The predicted octanol–water partition coefficient (Wildman–Crippen LogP) is 3.23. The van der Waals surface area contributed by atoms with Crippen LogP contribution in [0, 0.1) is 0 Å². The van der Waals surface area contributed by atoms with Crippen molar-refractivity contribution < 1.29 is 4.74 Å². The number of pyridine rings is 1. The maximum atomic E-state index is 5.95. The number of fused-ring (bicyclic) bond motifs is 2. The maximum Gasteiger partial charge on any atom is 0.149 e. The van der Waals surface area contributed by atoms with Crippen molar-refractivity contribution in [2.75, 3.05) is 6.54 Å². The van der Waals surface area contributed by atoms with E-state index in [-0.39, 0.29) is 5.92 Å². The molecular formula is C14H13BrN2O. The van der Waals surface area contributed by atoms with Crippen molar-refractivity contribution in [2.45, 2.75) is 12.3 Å². The van der Waals surface area contributed by atoms with Gasteiger partial charge in [0.15, 0.2) is 0 Å². The van der Waals surface area contributed by atoms with Crippen LogP contribution in [0.4, 0.5) is 0 Å². The van der Waals surface area contributed by atoms with E-state index < -0.39 is 0 Å². The number of nitrogens with zero attached hydrogens (tertiary/aromatic N) is 1. The van der Waals surface area contributed by atoms with Crippen molar-refractivity contribution in [1.29, 1.82) is 0 Å². The largest absolute Gasteiger partial charge is 0.455 e. The minimum atomic E-state index is 0.205. The van der Waals surface area contributed by atoms with Crippen molar-refractivity contribution in [3.63, 3.8) is 0 Å². The van der Waals surface area contributed by atoms with Gasteiger partial charge in [-0.25, -0.2) is 0 Å². The molecule has 0 aliphatic carbocycles. The normalized spacial score (nSPS) is 17.3. The molecule has 2 heterocycles. The average molecular weight is 305 g/mol. The zero-order valence-electron chi connectivity index (χ0n) is 9.77. The Morgan fingerprint density at radius 1 is 1.33 bits per heavy atom. The van der Waals surface area contributed by atoms with Crippen LogP contribution in [0.2, 0.25) is 0 Å². The molecule has 18 heavy (non-hydrogen) atoms. The van der Waals surface area contributed by atoms with Crippen molar-refractivity contribution in [2.24, 2.45) is 5.73 Å². The molecule has 0 saturated heterocycles. The lowest BCUT2D eigenvalue weighted by atomic mass is 9.96. The predicted molar refractivity (Wildman–Crippen MR) is 74.0 cm³/mol. The number of ether oxygens (including phenoxy) is 1. The van der Waals surface area contributed by atoms with Crippen molar-refractivity contribution in [3.8, 4) is 11.5 Å². The van der Waals surface area contributed by atoms with E-state index in [1.165, 1.54) is 0 Å². The first kappa shape index (κ1) is 11.7. The summed E-state index contributed by atoms with van der Waals surface area (Å²) in [5.74, 6) is 1.91. The van der Waals surface area contributed by atoms with E-state index in [2.05, 4.69) is 27.0 Å². The molecule has 2 N–H and O–H groups in total. The molecule has 0 saturated carbocycles. The zero-order chi connectivity index (χ0) is 12.5. The lowest BCUT2D eigenvalue weighted by Crippen LogP contribution is -2.15. The Morgan fingerprint density at radius 3 is 3.06 bits per heavy atom. The van der Waals surface area contributed by atoms with Gasteiger partial charge >= 0.3 is 0 Å². The Bertz CT molecular complexity index is 586. The zero-order valence-corrected chi connectivity index (χ0v) is 11.4. The van der Waals surface area contributed by atoms with Gasteiger partial charge in [-0.15, -0.1) is 0 Å². The van der Waals surface area contributed by atoms with Gasteiger partial charge in [0.05, 0.1) is 5.69 Å². The maximum absolute atomic E-state index is 5.95. The van der Waals surface area contributed by atoms with E-state index in [1.807, 2.05) is 24.3 Å².